The number of carbonyl (C=O) groups excluding carboxylic acids is 1. The van der Waals surface area contributed by atoms with Crippen LogP contribution in [0.3, 0.4) is 0 Å². The monoisotopic (exact) mass is 852 g/mol. The number of aliphatic hydroxyl groups excluding tert-OH is 6. The first-order chi connectivity index (χ1) is 29.3. The van der Waals surface area contributed by atoms with Gasteiger partial charge in [-0.3, -0.25) is 4.79 Å². The van der Waals surface area contributed by atoms with Crippen LogP contribution in [0.15, 0.2) is 36.5 Å². The van der Waals surface area contributed by atoms with Gasteiger partial charge in [0.05, 0.1) is 25.4 Å². The van der Waals surface area contributed by atoms with Crippen LogP contribution in [0.5, 0.6) is 0 Å². The van der Waals surface area contributed by atoms with E-state index in [0.29, 0.717) is 19.3 Å². The molecule has 7 N–H and O–H groups in total. The third-order valence-electron chi connectivity index (χ3n) is 11.8. The molecule has 0 spiro atoms. The Hall–Kier alpha value is -1.63. The lowest BCUT2D eigenvalue weighted by atomic mass is 9.99. The van der Waals surface area contributed by atoms with Crippen molar-refractivity contribution in [3.63, 3.8) is 0 Å². The first-order valence-corrected chi connectivity index (χ1v) is 24.8. The third kappa shape index (κ3) is 29.6. The maximum absolute atomic E-state index is 13.1. The van der Waals surface area contributed by atoms with E-state index in [2.05, 4.69) is 43.5 Å². The van der Waals surface area contributed by atoms with Crippen molar-refractivity contribution in [2.75, 3.05) is 13.2 Å². The Balaban J connectivity index is 2.39. The van der Waals surface area contributed by atoms with Crippen LogP contribution in [-0.4, -0.2) is 98.7 Å². The second-order valence-corrected chi connectivity index (χ2v) is 17.4. The van der Waals surface area contributed by atoms with Gasteiger partial charge in [-0.2, -0.15) is 0 Å². The van der Waals surface area contributed by atoms with Crippen molar-refractivity contribution in [3.05, 3.63) is 36.5 Å². The highest BCUT2D eigenvalue weighted by Crippen LogP contribution is 2.23. The number of unbranched alkanes of at least 4 members (excludes halogenated alkanes) is 26. The summed E-state index contributed by atoms with van der Waals surface area (Å²) in [5, 5.41) is 64.7. The molecule has 1 saturated heterocycles. The number of hydrogen-bond donors (Lipinski definition) is 7. The summed E-state index contributed by atoms with van der Waals surface area (Å²) < 4.78 is 11.1. The third-order valence-corrected chi connectivity index (χ3v) is 11.8. The first kappa shape index (κ1) is 56.4. The van der Waals surface area contributed by atoms with E-state index in [-0.39, 0.29) is 6.61 Å². The van der Waals surface area contributed by atoms with Gasteiger partial charge in [-0.1, -0.05) is 204 Å². The highest BCUT2D eigenvalue weighted by Gasteiger charge is 2.44. The zero-order valence-electron chi connectivity index (χ0n) is 38.3. The molecule has 1 heterocycles. The molecule has 1 rings (SSSR count). The van der Waals surface area contributed by atoms with Crippen molar-refractivity contribution in [1.29, 1.82) is 0 Å². The predicted molar refractivity (Wildman–Crippen MR) is 246 cm³/mol. The highest BCUT2D eigenvalue weighted by molar-refractivity contribution is 5.80. The Labute approximate surface area is 366 Å². The standard InChI is InChI=1S/C50H93NO9/c1-3-5-7-9-11-13-15-17-19-21-22-23-25-27-29-31-33-35-37-39-44(54)49(58)51-42(41-59-50-48(57)47(56)46(55)45(40-52)60-50)43(53)38-36-34-32-30-28-26-24-20-18-16-14-12-10-8-6-4-2/h18,20,28,30,36,38,42-48,50,52-57H,3-17,19,21-27,29,31-35,37,39-41H2,1-2H3,(H,51,58)/b20-18+,30-28+,38-36+. The number of aliphatic hydroxyl groups is 6. The van der Waals surface area contributed by atoms with Gasteiger partial charge in [-0.25, -0.2) is 0 Å². The smallest absolute Gasteiger partial charge is 0.249 e. The lowest BCUT2D eigenvalue weighted by Gasteiger charge is -2.40. The molecule has 0 aromatic rings. The molecule has 8 unspecified atom stereocenters. The molecule has 8 atom stereocenters. The number of carbonyl (C=O) groups is 1. The predicted octanol–water partition coefficient (Wildman–Crippen LogP) is 9.81. The van der Waals surface area contributed by atoms with Crippen molar-refractivity contribution in [3.8, 4) is 0 Å². The van der Waals surface area contributed by atoms with Crippen LogP contribution in [0.1, 0.15) is 213 Å². The molecule has 1 amide bonds. The zero-order valence-corrected chi connectivity index (χ0v) is 38.3. The molecular weight excluding hydrogens is 759 g/mol. The maximum Gasteiger partial charge on any atom is 0.249 e. The second-order valence-electron chi connectivity index (χ2n) is 17.4. The summed E-state index contributed by atoms with van der Waals surface area (Å²) in [7, 11) is 0. The molecule has 1 aliphatic heterocycles. The number of ether oxygens (including phenoxy) is 2. The van der Waals surface area contributed by atoms with E-state index >= 15 is 0 Å². The topological polar surface area (TPSA) is 169 Å². The van der Waals surface area contributed by atoms with Crippen LogP contribution in [0.4, 0.5) is 0 Å². The van der Waals surface area contributed by atoms with Gasteiger partial charge in [0.25, 0.3) is 0 Å². The van der Waals surface area contributed by atoms with Crippen molar-refractivity contribution in [2.45, 2.75) is 262 Å². The fraction of sp³-hybridized carbons (Fsp3) is 0.860. The second kappa shape index (κ2) is 40.2. The summed E-state index contributed by atoms with van der Waals surface area (Å²) in [6.45, 7) is 3.59. The molecule has 0 radical (unpaired) electrons. The van der Waals surface area contributed by atoms with Crippen molar-refractivity contribution in [1.82, 2.24) is 5.32 Å². The number of amides is 1. The molecule has 0 aromatic heterocycles. The molecule has 0 aromatic carbocycles. The molecular formula is C50H93NO9. The van der Waals surface area contributed by atoms with Gasteiger partial charge in [0, 0.05) is 0 Å². The van der Waals surface area contributed by atoms with Gasteiger partial charge in [0.1, 0.15) is 30.5 Å². The molecule has 1 aliphatic rings. The van der Waals surface area contributed by atoms with Gasteiger partial charge < -0.3 is 45.4 Å². The van der Waals surface area contributed by atoms with Gasteiger partial charge in [-0.05, 0) is 44.9 Å². The molecule has 0 saturated carbocycles. The molecule has 352 valence electrons. The molecule has 1 fully saturated rings. The first-order valence-electron chi connectivity index (χ1n) is 24.8. The quantitative estimate of drug-likeness (QED) is 0.0234. The van der Waals surface area contributed by atoms with Crippen LogP contribution in [0.2, 0.25) is 0 Å². The Morgan fingerprint density at radius 3 is 1.45 bits per heavy atom. The maximum atomic E-state index is 13.1. The lowest BCUT2D eigenvalue weighted by Crippen LogP contribution is -2.60. The summed E-state index contributed by atoms with van der Waals surface area (Å²) >= 11 is 0. The number of allylic oxidation sites excluding steroid dienone is 5. The fourth-order valence-corrected chi connectivity index (χ4v) is 7.72. The van der Waals surface area contributed by atoms with Crippen LogP contribution in [-0.2, 0) is 14.3 Å². The number of hydrogen-bond acceptors (Lipinski definition) is 9. The fourth-order valence-electron chi connectivity index (χ4n) is 7.72. The molecule has 60 heavy (non-hydrogen) atoms. The van der Waals surface area contributed by atoms with E-state index in [1.807, 2.05) is 6.08 Å². The van der Waals surface area contributed by atoms with Gasteiger partial charge in [0.15, 0.2) is 6.29 Å². The van der Waals surface area contributed by atoms with Crippen LogP contribution in [0.25, 0.3) is 0 Å². The van der Waals surface area contributed by atoms with Gasteiger partial charge in [0.2, 0.25) is 5.91 Å². The van der Waals surface area contributed by atoms with Crippen molar-refractivity contribution < 1.29 is 44.9 Å². The lowest BCUT2D eigenvalue weighted by molar-refractivity contribution is -0.302. The van der Waals surface area contributed by atoms with Crippen LogP contribution < -0.4 is 5.32 Å². The number of nitrogens with one attached hydrogen (secondary N) is 1. The molecule has 0 bridgehead atoms. The van der Waals surface area contributed by atoms with E-state index < -0.39 is 61.5 Å². The Morgan fingerprint density at radius 2 is 0.983 bits per heavy atom. The summed E-state index contributed by atoms with van der Waals surface area (Å²) in [5.41, 5.74) is 0. The zero-order chi connectivity index (χ0) is 43.9. The minimum absolute atomic E-state index is 0.304. The average molecular weight is 852 g/mol. The Morgan fingerprint density at radius 1 is 0.567 bits per heavy atom. The largest absolute Gasteiger partial charge is 0.394 e. The van der Waals surface area contributed by atoms with E-state index in [0.717, 1.165) is 44.9 Å². The highest BCUT2D eigenvalue weighted by atomic mass is 16.7. The Kier molecular flexibility index (Phi) is 37.7. The van der Waals surface area contributed by atoms with Gasteiger partial charge >= 0.3 is 0 Å². The summed E-state index contributed by atoms with van der Waals surface area (Å²) in [6, 6.07) is -1.00. The van der Waals surface area contributed by atoms with Crippen LogP contribution in [0, 0.1) is 0 Å². The Bertz CT molecular complexity index is 1050. The minimum Gasteiger partial charge on any atom is -0.394 e. The summed E-state index contributed by atoms with van der Waals surface area (Å²) in [5.74, 6) is -0.629. The van der Waals surface area contributed by atoms with E-state index in [1.54, 1.807) is 6.08 Å². The number of rotatable bonds is 41. The summed E-state index contributed by atoms with van der Waals surface area (Å²) in [6.07, 6.45) is 39.5. The van der Waals surface area contributed by atoms with E-state index in [1.165, 1.54) is 135 Å². The van der Waals surface area contributed by atoms with E-state index in [4.69, 9.17) is 9.47 Å². The molecule has 10 nitrogen and oxygen atoms in total. The van der Waals surface area contributed by atoms with Crippen molar-refractivity contribution in [2.24, 2.45) is 0 Å². The molecule has 0 aliphatic carbocycles. The van der Waals surface area contributed by atoms with Gasteiger partial charge in [-0.15, -0.1) is 0 Å². The normalized spacial score (nSPS) is 21.4. The van der Waals surface area contributed by atoms with E-state index in [9.17, 15) is 35.4 Å². The SMILES string of the molecule is CCCCCCCC/C=C/CC/C=C/CC/C=C/C(O)C(COC1OC(CO)C(O)C(O)C1O)NC(=O)C(O)CCCCCCCCCCCCCCCCCCCCC. The molecule has 10 heteroatoms. The average Bonchev–Trinajstić information content (AvgIpc) is 3.25. The minimum atomic E-state index is -1.62. The van der Waals surface area contributed by atoms with Crippen LogP contribution >= 0.6 is 0 Å². The van der Waals surface area contributed by atoms with Crippen molar-refractivity contribution >= 4 is 5.91 Å². The summed E-state index contributed by atoms with van der Waals surface area (Å²) in [4.78, 5) is 13.1.